The lowest BCUT2D eigenvalue weighted by molar-refractivity contribution is 0.839. The molecule has 0 aliphatic rings. The first-order valence-electron chi connectivity index (χ1n) is 5.25. The van der Waals surface area contributed by atoms with Crippen molar-refractivity contribution in [1.82, 2.24) is 19.7 Å². The van der Waals surface area contributed by atoms with Crippen LogP contribution in [0.15, 0.2) is 41.3 Å². The van der Waals surface area contributed by atoms with Gasteiger partial charge in [-0.15, -0.1) is 0 Å². The van der Waals surface area contributed by atoms with Crippen molar-refractivity contribution in [3.05, 3.63) is 52.7 Å². The number of para-hydroxylation sites is 1. The molecule has 1 N–H and O–H groups in total. The number of hydrogen-bond acceptors (Lipinski definition) is 3. The Morgan fingerprint density at radius 3 is 2.88 bits per heavy atom. The maximum absolute atomic E-state index is 11.7. The van der Waals surface area contributed by atoms with Crippen LogP contribution in [0.5, 0.6) is 0 Å². The van der Waals surface area contributed by atoms with E-state index >= 15 is 0 Å². The van der Waals surface area contributed by atoms with Crippen molar-refractivity contribution in [2.24, 2.45) is 0 Å². The van der Waals surface area contributed by atoms with Crippen LogP contribution < -0.4 is 5.56 Å². The zero-order valence-electron chi connectivity index (χ0n) is 9.21. The van der Waals surface area contributed by atoms with Gasteiger partial charge in [0.05, 0.1) is 10.9 Å². The summed E-state index contributed by atoms with van der Waals surface area (Å²) in [6.45, 7) is 1.81. The molecule has 84 valence electrons. The molecule has 3 rings (SSSR count). The molecule has 0 atom stereocenters. The second-order valence-electron chi connectivity index (χ2n) is 3.76. The fourth-order valence-corrected chi connectivity index (χ4v) is 1.83. The molecule has 0 radical (unpaired) electrons. The third-order valence-electron chi connectivity index (χ3n) is 2.59. The number of hydrogen-bond donors (Lipinski definition) is 1. The first-order chi connectivity index (χ1) is 8.25. The number of rotatable bonds is 1. The van der Waals surface area contributed by atoms with Gasteiger partial charge < -0.3 is 0 Å². The minimum atomic E-state index is -0.114. The van der Waals surface area contributed by atoms with Crippen LogP contribution in [0.1, 0.15) is 5.82 Å². The van der Waals surface area contributed by atoms with Crippen molar-refractivity contribution < 1.29 is 0 Å². The summed E-state index contributed by atoms with van der Waals surface area (Å²) in [6.07, 6.45) is 1.67. The molecule has 1 aromatic carbocycles. The summed E-state index contributed by atoms with van der Waals surface area (Å²) >= 11 is 0. The van der Waals surface area contributed by atoms with Gasteiger partial charge in [0.15, 0.2) is 5.82 Å². The standard InChI is InChI=1S/C12H10N4O/c1-8-13-7-6-11(14-8)16-10-5-3-2-4-9(10)12(17)15-16/h2-7H,1H3,(H,15,17). The number of aryl methyl sites for hydroxylation is 1. The summed E-state index contributed by atoms with van der Waals surface area (Å²) < 4.78 is 1.67. The predicted octanol–water partition coefficient (Wildman–Crippen LogP) is 1.42. The minimum absolute atomic E-state index is 0.114. The molecule has 0 spiro atoms. The quantitative estimate of drug-likeness (QED) is 0.682. The Labute approximate surface area is 96.7 Å². The van der Waals surface area contributed by atoms with Crippen molar-refractivity contribution in [3.63, 3.8) is 0 Å². The number of aromatic nitrogens is 4. The normalized spacial score (nSPS) is 10.9. The number of aromatic amines is 1. The fourth-order valence-electron chi connectivity index (χ4n) is 1.83. The monoisotopic (exact) mass is 226 g/mol. The molecule has 17 heavy (non-hydrogen) atoms. The lowest BCUT2D eigenvalue weighted by Crippen LogP contribution is -2.06. The average molecular weight is 226 g/mol. The number of H-pyrrole nitrogens is 1. The molecule has 0 aliphatic carbocycles. The Kier molecular flexibility index (Phi) is 2.04. The van der Waals surface area contributed by atoms with E-state index in [1.165, 1.54) is 0 Å². The van der Waals surface area contributed by atoms with Crippen LogP contribution >= 0.6 is 0 Å². The van der Waals surface area contributed by atoms with E-state index in [4.69, 9.17) is 0 Å². The highest BCUT2D eigenvalue weighted by Crippen LogP contribution is 2.12. The smallest absolute Gasteiger partial charge is 0.267 e. The van der Waals surface area contributed by atoms with Crippen LogP contribution in [-0.2, 0) is 0 Å². The van der Waals surface area contributed by atoms with Crippen LogP contribution in [-0.4, -0.2) is 19.7 Å². The predicted molar refractivity (Wildman–Crippen MR) is 64.2 cm³/mol. The van der Waals surface area contributed by atoms with E-state index in [-0.39, 0.29) is 5.56 Å². The maximum atomic E-state index is 11.7. The van der Waals surface area contributed by atoms with E-state index in [1.54, 1.807) is 23.0 Å². The molecule has 0 saturated heterocycles. The Morgan fingerprint density at radius 2 is 2.06 bits per heavy atom. The van der Waals surface area contributed by atoms with Crippen LogP contribution in [0.25, 0.3) is 16.7 Å². The molecule has 5 nitrogen and oxygen atoms in total. The average Bonchev–Trinajstić information content (AvgIpc) is 2.68. The summed E-state index contributed by atoms with van der Waals surface area (Å²) in [4.78, 5) is 20.1. The van der Waals surface area contributed by atoms with Gasteiger partial charge in [-0.25, -0.2) is 14.6 Å². The van der Waals surface area contributed by atoms with E-state index in [0.717, 1.165) is 5.52 Å². The molecule has 5 heteroatoms. The Morgan fingerprint density at radius 1 is 1.24 bits per heavy atom. The molecule has 2 heterocycles. The first-order valence-corrected chi connectivity index (χ1v) is 5.25. The number of nitrogens with zero attached hydrogens (tertiary/aromatic N) is 3. The Bertz CT molecular complexity index is 741. The molecule has 3 aromatic rings. The fraction of sp³-hybridized carbons (Fsp3) is 0.0833. The van der Waals surface area contributed by atoms with Gasteiger partial charge in [-0.3, -0.25) is 9.89 Å². The molecule has 0 fully saturated rings. The summed E-state index contributed by atoms with van der Waals surface area (Å²) in [7, 11) is 0. The Hall–Kier alpha value is -2.43. The SMILES string of the molecule is Cc1nccc(-n2[nH]c(=O)c3ccccc32)n1. The minimum Gasteiger partial charge on any atom is -0.267 e. The van der Waals surface area contributed by atoms with Crippen LogP contribution in [0.3, 0.4) is 0 Å². The van der Waals surface area contributed by atoms with E-state index in [2.05, 4.69) is 15.1 Å². The van der Waals surface area contributed by atoms with Gasteiger partial charge in [-0.05, 0) is 19.1 Å². The van der Waals surface area contributed by atoms with E-state index in [9.17, 15) is 4.79 Å². The largest absolute Gasteiger partial charge is 0.272 e. The summed E-state index contributed by atoms with van der Waals surface area (Å²) in [6, 6.07) is 9.16. The van der Waals surface area contributed by atoms with Crippen LogP contribution in [0.2, 0.25) is 0 Å². The van der Waals surface area contributed by atoms with E-state index in [0.29, 0.717) is 17.0 Å². The molecule has 0 saturated carbocycles. The third-order valence-corrected chi connectivity index (χ3v) is 2.59. The van der Waals surface area contributed by atoms with Crippen LogP contribution in [0.4, 0.5) is 0 Å². The van der Waals surface area contributed by atoms with Gasteiger partial charge in [0.2, 0.25) is 0 Å². The first kappa shape index (κ1) is 9.77. The molecule has 0 unspecified atom stereocenters. The highest BCUT2D eigenvalue weighted by molar-refractivity contribution is 5.79. The van der Waals surface area contributed by atoms with Crippen molar-refractivity contribution >= 4 is 10.9 Å². The van der Waals surface area contributed by atoms with E-state index < -0.39 is 0 Å². The second kappa shape index (κ2) is 3.55. The lowest BCUT2D eigenvalue weighted by Gasteiger charge is -2.03. The van der Waals surface area contributed by atoms with Crippen molar-refractivity contribution in [1.29, 1.82) is 0 Å². The zero-order chi connectivity index (χ0) is 11.8. The molecule has 0 bridgehead atoms. The molecular weight excluding hydrogens is 216 g/mol. The molecule has 0 amide bonds. The second-order valence-corrected chi connectivity index (χ2v) is 3.76. The zero-order valence-corrected chi connectivity index (χ0v) is 9.21. The third kappa shape index (κ3) is 1.52. The summed E-state index contributed by atoms with van der Waals surface area (Å²) in [5, 5.41) is 3.42. The van der Waals surface area contributed by atoms with Gasteiger partial charge in [0, 0.05) is 12.3 Å². The van der Waals surface area contributed by atoms with Gasteiger partial charge >= 0.3 is 0 Å². The molecular formula is C12H10N4O. The highest BCUT2D eigenvalue weighted by Gasteiger charge is 2.07. The van der Waals surface area contributed by atoms with Crippen molar-refractivity contribution in [3.8, 4) is 5.82 Å². The lowest BCUT2D eigenvalue weighted by atomic mass is 10.2. The van der Waals surface area contributed by atoms with Crippen molar-refractivity contribution in [2.75, 3.05) is 0 Å². The number of benzene rings is 1. The summed E-state index contributed by atoms with van der Waals surface area (Å²) in [5.41, 5.74) is 0.701. The van der Waals surface area contributed by atoms with Gasteiger partial charge in [-0.2, -0.15) is 0 Å². The highest BCUT2D eigenvalue weighted by atomic mass is 16.1. The maximum Gasteiger partial charge on any atom is 0.272 e. The number of nitrogens with one attached hydrogen (secondary N) is 1. The number of fused-ring (bicyclic) bond motifs is 1. The van der Waals surface area contributed by atoms with Crippen LogP contribution in [0, 0.1) is 6.92 Å². The summed E-state index contributed by atoms with van der Waals surface area (Å²) in [5.74, 6) is 1.33. The molecule has 2 aromatic heterocycles. The van der Waals surface area contributed by atoms with Gasteiger partial charge in [0.25, 0.3) is 5.56 Å². The van der Waals surface area contributed by atoms with E-state index in [1.807, 2.05) is 25.1 Å². The topological polar surface area (TPSA) is 63.6 Å². The Balaban J connectivity index is 2.35. The van der Waals surface area contributed by atoms with Crippen molar-refractivity contribution in [2.45, 2.75) is 6.92 Å². The van der Waals surface area contributed by atoms with Gasteiger partial charge in [-0.1, -0.05) is 12.1 Å². The van der Waals surface area contributed by atoms with Gasteiger partial charge in [0.1, 0.15) is 5.82 Å². The molecule has 0 aliphatic heterocycles.